The van der Waals surface area contributed by atoms with E-state index in [-0.39, 0.29) is 5.60 Å². The predicted molar refractivity (Wildman–Crippen MR) is 67.4 cm³/mol. The molecule has 5 nitrogen and oxygen atoms in total. The molecule has 0 radical (unpaired) electrons. The van der Waals surface area contributed by atoms with Crippen LogP contribution < -0.4 is 5.32 Å². The Morgan fingerprint density at radius 3 is 3.17 bits per heavy atom. The summed E-state index contributed by atoms with van der Waals surface area (Å²) >= 11 is 0. The predicted octanol–water partition coefficient (Wildman–Crippen LogP) is 1.11. The molecule has 0 aromatic carbocycles. The normalized spacial score (nSPS) is 27.8. The van der Waals surface area contributed by atoms with Crippen molar-refractivity contribution < 1.29 is 9.47 Å². The van der Waals surface area contributed by atoms with Gasteiger partial charge < -0.3 is 19.4 Å². The highest BCUT2D eigenvalue weighted by atomic mass is 16.5. The highest BCUT2D eigenvalue weighted by molar-refractivity contribution is 5.03. The minimum Gasteiger partial charge on any atom is -0.378 e. The first-order valence-corrected chi connectivity index (χ1v) is 6.67. The summed E-state index contributed by atoms with van der Waals surface area (Å²) in [7, 11) is 1.77. The molecule has 1 unspecified atom stereocenters. The fourth-order valence-corrected chi connectivity index (χ4v) is 2.53. The molecule has 1 aliphatic heterocycles. The standard InChI is InChI=1S/C13H21N3O2/c1-17-13(4-5-18-9-13)8-14-6-12-7-15-10-16(12)11-2-3-11/h7,10-11,14H,2-6,8-9H2,1H3. The van der Waals surface area contributed by atoms with Crippen LogP contribution in [0.3, 0.4) is 0 Å². The van der Waals surface area contributed by atoms with Crippen LogP contribution in [0.5, 0.6) is 0 Å². The number of methoxy groups -OCH3 is 1. The number of imidazole rings is 1. The van der Waals surface area contributed by atoms with Crippen molar-refractivity contribution in [1.29, 1.82) is 0 Å². The van der Waals surface area contributed by atoms with Crippen molar-refractivity contribution in [2.75, 3.05) is 26.9 Å². The molecule has 1 saturated heterocycles. The third kappa shape index (κ3) is 2.43. The van der Waals surface area contributed by atoms with Gasteiger partial charge in [-0.05, 0) is 12.8 Å². The van der Waals surface area contributed by atoms with E-state index in [1.54, 1.807) is 7.11 Å². The van der Waals surface area contributed by atoms with Gasteiger partial charge in [-0.25, -0.2) is 4.98 Å². The summed E-state index contributed by atoms with van der Waals surface area (Å²) < 4.78 is 13.3. The van der Waals surface area contributed by atoms with Crippen molar-refractivity contribution in [2.24, 2.45) is 0 Å². The smallest absolute Gasteiger partial charge is 0.106 e. The first kappa shape index (κ1) is 12.1. The Balaban J connectivity index is 1.53. The summed E-state index contributed by atoms with van der Waals surface area (Å²) in [6.07, 6.45) is 7.45. The molecule has 1 saturated carbocycles. The van der Waals surface area contributed by atoms with Crippen LogP contribution in [-0.4, -0.2) is 42.0 Å². The van der Waals surface area contributed by atoms with Crippen LogP contribution in [0.2, 0.25) is 0 Å². The van der Waals surface area contributed by atoms with E-state index in [1.807, 2.05) is 12.5 Å². The second-order valence-electron chi connectivity index (χ2n) is 5.32. The minimum atomic E-state index is -0.134. The summed E-state index contributed by atoms with van der Waals surface area (Å²) in [5, 5.41) is 3.48. The average Bonchev–Trinajstić information content (AvgIpc) is 2.95. The Labute approximate surface area is 107 Å². The number of rotatable bonds is 6. The maximum Gasteiger partial charge on any atom is 0.106 e. The molecule has 1 atom stereocenters. The number of ether oxygens (including phenoxy) is 2. The van der Waals surface area contributed by atoms with E-state index in [0.29, 0.717) is 12.6 Å². The highest BCUT2D eigenvalue weighted by Gasteiger charge is 2.34. The van der Waals surface area contributed by atoms with Crippen molar-refractivity contribution in [1.82, 2.24) is 14.9 Å². The number of nitrogens with zero attached hydrogens (tertiary/aromatic N) is 2. The van der Waals surface area contributed by atoms with Crippen LogP contribution >= 0.6 is 0 Å². The summed E-state index contributed by atoms with van der Waals surface area (Å²) in [5.74, 6) is 0. The fourth-order valence-electron chi connectivity index (χ4n) is 2.53. The molecule has 1 aromatic heterocycles. The van der Waals surface area contributed by atoms with Crippen molar-refractivity contribution in [3.8, 4) is 0 Å². The van der Waals surface area contributed by atoms with E-state index in [1.165, 1.54) is 18.5 Å². The highest BCUT2D eigenvalue weighted by Crippen LogP contribution is 2.35. The molecular formula is C13H21N3O2. The maximum atomic E-state index is 5.60. The van der Waals surface area contributed by atoms with Gasteiger partial charge in [0.25, 0.3) is 0 Å². The monoisotopic (exact) mass is 251 g/mol. The van der Waals surface area contributed by atoms with Gasteiger partial charge in [-0.3, -0.25) is 0 Å². The van der Waals surface area contributed by atoms with E-state index in [9.17, 15) is 0 Å². The summed E-state index contributed by atoms with van der Waals surface area (Å²) in [4.78, 5) is 4.24. The Morgan fingerprint density at radius 1 is 1.61 bits per heavy atom. The van der Waals surface area contributed by atoms with Crippen LogP contribution in [0.1, 0.15) is 31.0 Å². The van der Waals surface area contributed by atoms with Gasteiger partial charge in [0, 0.05) is 45.5 Å². The molecule has 1 N–H and O–H groups in total. The Kier molecular flexibility index (Phi) is 3.37. The van der Waals surface area contributed by atoms with Crippen molar-refractivity contribution in [2.45, 2.75) is 37.5 Å². The van der Waals surface area contributed by atoms with Crippen molar-refractivity contribution in [3.05, 3.63) is 18.2 Å². The van der Waals surface area contributed by atoms with Crippen LogP contribution in [-0.2, 0) is 16.0 Å². The zero-order valence-electron chi connectivity index (χ0n) is 10.9. The lowest BCUT2D eigenvalue weighted by atomic mass is 10.0. The molecule has 1 aliphatic carbocycles. The van der Waals surface area contributed by atoms with E-state index in [2.05, 4.69) is 14.9 Å². The van der Waals surface area contributed by atoms with Gasteiger partial charge in [0.1, 0.15) is 5.60 Å². The molecular weight excluding hydrogens is 230 g/mol. The topological polar surface area (TPSA) is 48.3 Å². The first-order valence-electron chi connectivity index (χ1n) is 6.67. The lowest BCUT2D eigenvalue weighted by molar-refractivity contribution is -0.0160. The Morgan fingerprint density at radius 2 is 2.50 bits per heavy atom. The van der Waals surface area contributed by atoms with Crippen molar-refractivity contribution >= 4 is 0 Å². The van der Waals surface area contributed by atoms with Gasteiger partial charge in [0.2, 0.25) is 0 Å². The second-order valence-corrected chi connectivity index (χ2v) is 5.32. The maximum absolute atomic E-state index is 5.60. The molecule has 2 fully saturated rings. The number of hydrogen-bond donors (Lipinski definition) is 1. The fraction of sp³-hybridized carbons (Fsp3) is 0.769. The molecule has 2 aliphatic rings. The number of aromatic nitrogens is 2. The lowest BCUT2D eigenvalue weighted by Gasteiger charge is -2.26. The second kappa shape index (κ2) is 4.99. The molecule has 3 rings (SSSR count). The van der Waals surface area contributed by atoms with E-state index >= 15 is 0 Å². The largest absolute Gasteiger partial charge is 0.378 e. The molecule has 1 aromatic rings. The molecule has 100 valence electrons. The molecule has 18 heavy (non-hydrogen) atoms. The minimum absolute atomic E-state index is 0.134. The van der Waals surface area contributed by atoms with Gasteiger partial charge in [-0.2, -0.15) is 0 Å². The summed E-state index contributed by atoms with van der Waals surface area (Å²) in [6, 6.07) is 0.690. The molecule has 0 spiro atoms. The van der Waals surface area contributed by atoms with Gasteiger partial charge in [0.15, 0.2) is 0 Å². The van der Waals surface area contributed by atoms with Crippen molar-refractivity contribution in [3.63, 3.8) is 0 Å². The summed E-state index contributed by atoms with van der Waals surface area (Å²) in [5.41, 5.74) is 1.13. The third-order valence-corrected chi connectivity index (χ3v) is 3.94. The van der Waals surface area contributed by atoms with Crippen LogP contribution in [0.25, 0.3) is 0 Å². The van der Waals surface area contributed by atoms with E-state index in [0.717, 1.165) is 26.1 Å². The van der Waals surface area contributed by atoms with Gasteiger partial charge in [-0.1, -0.05) is 0 Å². The Hall–Kier alpha value is -0.910. The SMILES string of the molecule is COC1(CNCc2cncn2C2CC2)CCOC1. The van der Waals surface area contributed by atoms with Gasteiger partial charge in [-0.15, -0.1) is 0 Å². The third-order valence-electron chi connectivity index (χ3n) is 3.94. The van der Waals surface area contributed by atoms with Gasteiger partial charge in [0.05, 0.1) is 18.6 Å². The van der Waals surface area contributed by atoms with E-state index < -0.39 is 0 Å². The lowest BCUT2D eigenvalue weighted by Crippen LogP contribution is -2.42. The van der Waals surface area contributed by atoms with Crippen LogP contribution in [0.4, 0.5) is 0 Å². The molecule has 0 bridgehead atoms. The van der Waals surface area contributed by atoms with E-state index in [4.69, 9.17) is 9.47 Å². The molecule has 5 heteroatoms. The molecule has 0 amide bonds. The van der Waals surface area contributed by atoms with Crippen LogP contribution in [0, 0.1) is 0 Å². The van der Waals surface area contributed by atoms with Crippen LogP contribution in [0.15, 0.2) is 12.5 Å². The zero-order valence-corrected chi connectivity index (χ0v) is 10.9. The molecule has 2 heterocycles. The first-order chi connectivity index (χ1) is 8.83. The average molecular weight is 251 g/mol. The van der Waals surface area contributed by atoms with Gasteiger partial charge >= 0.3 is 0 Å². The summed E-state index contributed by atoms with van der Waals surface area (Å²) in [6.45, 7) is 3.18. The quantitative estimate of drug-likeness (QED) is 0.823. The number of nitrogens with one attached hydrogen (secondary N) is 1. The zero-order chi connectivity index (χ0) is 12.4. The number of hydrogen-bond acceptors (Lipinski definition) is 4. The Bertz CT molecular complexity index is 395.